The van der Waals surface area contributed by atoms with Gasteiger partial charge < -0.3 is 10.4 Å². The molecule has 1 aliphatic rings. The van der Waals surface area contributed by atoms with Crippen LogP contribution in [-0.2, 0) is 11.0 Å². The first-order chi connectivity index (χ1) is 8.83. The first-order valence-corrected chi connectivity index (χ1v) is 5.98. The summed E-state index contributed by atoms with van der Waals surface area (Å²) < 4.78 is 37.1. The standard InChI is InChI=1S/C13H14F3NO2/c14-13(15,16)9-2-4-10(5-3-9)17-8-12(11(18)19)6-1-7-12/h2-5,17H,1,6-8H2,(H,18,19). The summed E-state index contributed by atoms with van der Waals surface area (Å²) in [5, 5.41) is 12.0. The molecule has 19 heavy (non-hydrogen) atoms. The molecule has 0 atom stereocenters. The molecule has 1 fully saturated rings. The van der Waals surface area contributed by atoms with Gasteiger partial charge in [0.05, 0.1) is 11.0 Å². The van der Waals surface area contributed by atoms with Gasteiger partial charge in [-0.2, -0.15) is 13.2 Å². The van der Waals surface area contributed by atoms with Gasteiger partial charge >= 0.3 is 12.1 Å². The van der Waals surface area contributed by atoms with E-state index < -0.39 is 23.1 Å². The number of hydrogen-bond donors (Lipinski definition) is 2. The Morgan fingerprint density at radius 1 is 1.26 bits per heavy atom. The van der Waals surface area contributed by atoms with Crippen LogP contribution in [0.3, 0.4) is 0 Å². The molecule has 0 spiro atoms. The van der Waals surface area contributed by atoms with Crippen LogP contribution in [0.1, 0.15) is 24.8 Å². The summed E-state index contributed by atoms with van der Waals surface area (Å²) in [6, 6.07) is 4.60. The van der Waals surface area contributed by atoms with Crippen LogP contribution >= 0.6 is 0 Å². The number of carboxylic acids is 1. The minimum Gasteiger partial charge on any atom is -0.481 e. The molecule has 1 saturated carbocycles. The molecule has 0 aliphatic heterocycles. The summed E-state index contributed by atoms with van der Waals surface area (Å²) in [6.45, 7) is 0.244. The van der Waals surface area contributed by atoms with Gasteiger partial charge in [0.2, 0.25) is 0 Å². The molecular formula is C13H14F3NO2. The summed E-state index contributed by atoms with van der Waals surface area (Å²) in [4.78, 5) is 11.1. The SMILES string of the molecule is O=C(O)C1(CNc2ccc(C(F)(F)F)cc2)CCC1. The molecule has 0 saturated heterocycles. The Hall–Kier alpha value is -1.72. The van der Waals surface area contributed by atoms with Crippen molar-refractivity contribution in [3.05, 3.63) is 29.8 Å². The molecule has 0 unspecified atom stereocenters. The highest BCUT2D eigenvalue weighted by molar-refractivity contribution is 5.76. The molecular weight excluding hydrogens is 259 g/mol. The normalized spacial score (nSPS) is 17.6. The van der Waals surface area contributed by atoms with E-state index in [2.05, 4.69) is 5.32 Å². The van der Waals surface area contributed by atoms with Crippen molar-refractivity contribution in [1.29, 1.82) is 0 Å². The van der Waals surface area contributed by atoms with Crippen LogP contribution in [0, 0.1) is 5.41 Å². The Balaban J connectivity index is 1.99. The fraction of sp³-hybridized carbons (Fsp3) is 0.462. The monoisotopic (exact) mass is 273 g/mol. The van der Waals surface area contributed by atoms with Gasteiger partial charge in [-0.05, 0) is 37.1 Å². The van der Waals surface area contributed by atoms with E-state index >= 15 is 0 Å². The molecule has 0 amide bonds. The van der Waals surface area contributed by atoms with E-state index in [-0.39, 0.29) is 6.54 Å². The molecule has 0 aromatic heterocycles. The molecule has 1 aliphatic carbocycles. The summed E-state index contributed by atoms with van der Waals surface area (Å²) in [7, 11) is 0. The van der Waals surface area contributed by atoms with Gasteiger partial charge in [0, 0.05) is 12.2 Å². The van der Waals surface area contributed by atoms with Gasteiger partial charge in [0.1, 0.15) is 0 Å². The first-order valence-electron chi connectivity index (χ1n) is 5.98. The van der Waals surface area contributed by atoms with Crippen molar-refractivity contribution in [2.24, 2.45) is 5.41 Å². The van der Waals surface area contributed by atoms with Gasteiger partial charge in [-0.15, -0.1) is 0 Å². The predicted octanol–water partition coefficient (Wildman–Crippen LogP) is 3.37. The average molecular weight is 273 g/mol. The Kier molecular flexibility index (Phi) is 3.43. The lowest BCUT2D eigenvalue weighted by Crippen LogP contribution is -2.43. The second kappa shape index (κ2) is 4.75. The summed E-state index contributed by atoms with van der Waals surface area (Å²) in [6.07, 6.45) is -2.26. The summed E-state index contributed by atoms with van der Waals surface area (Å²) in [5.74, 6) is -0.849. The highest BCUT2D eigenvalue weighted by atomic mass is 19.4. The van der Waals surface area contributed by atoms with Crippen LogP contribution in [0.4, 0.5) is 18.9 Å². The lowest BCUT2D eigenvalue weighted by Gasteiger charge is -2.37. The van der Waals surface area contributed by atoms with E-state index in [1.807, 2.05) is 0 Å². The van der Waals surface area contributed by atoms with Crippen LogP contribution in [0.15, 0.2) is 24.3 Å². The minimum absolute atomic E-state index is 0.244. The fourth-order valence-corrected chi connectivity index (χ4v) is 2.12. The van der Waals surface area contributed by atoms with Crippen LogP contribution in [0.2, 0.25) is 0 Å². The molecule has 6 heteroatoms. The predicted molar refractivity (Wildman–Crippen MR) is 63.9 cm³/mol. The molecule has 0 heterocycles. The van der Waals surface area contributed by atoms with Gasteiger partial charge in [-0.3, -0.25) is 4.79 Å². The molecule has 1 aromatic carbocycles. The number of carboxylic acid groups (broad SMARTS) is 1. The van der Waals surface area contributed by atoms with Crippen LogP contribution in [0.5, 0.6) is 0 Å². The minimum atomic E-state index is -4.35. The van der Waals surface area contributed by atoms with Crippen molar-refractivity contribution < 1.29 is 23.1 Å². The van der Waals surface area contributed by atoms with E-state index in [9.17, 15) is 18.0 Å². The molecule has 3 nitrogen and oxygen atoms in total. The largest absolute Gasteiger partial charge is 0.481 e. The lowest BCUT2D eigenvalue weighted by molar-refractivity contribution is -0.153. The van der Waals surface area contributed by atoms with Crippen molar-refractivity contribution >= 4 is 11.7 Å². The Morgan fingerprint density at radius 2 is 1.84 bits per heavy atom. The quantitative estimate of drug-likeness (QED) is 0.884. The maximum atomic E-state index is 12.4. The second-order valence-electron chi connectivity index (χ2n) is 4.87. The van der Waals surface area contributed by atoms with Crippen molar-refractivity contribution in [2.75, 3.05) is 11.9 Å². The number of carbonyl (C=O) groups is 1. The molecule has 0 bridgehead atoms. The number of aliphatic carboxylic acids is 1. The zero-order chi connectivity index (χ0) is 14.1. The molecule has 104 valence electrons. The van der Waals surface area contributed by atoms with E-state index in [1.165, 1.54) is 12.1 Å². The molecule has 2 N–H and O–H groups in total. The van der Waals surface area contributed by atoms with E-state index in [0.29, 0.717) is 18.5 Å². The number of alkyl halides is 3. The van der Waals surface area contributed by atoms with Gasteiger partial charge in [-0.1, -0.05) is 6.42 Å². The third-order valence-corrected chi connectivity index (χ3v) is 3.61. The molecule has 1 aromatic rings. The van der Waals surface area contributed by atoms with E-state index in [1.54, 1.807) is 0 Å². The third-order valence-electron chi connectivity index (χ3n) is 3.61. The molecule has 0 radical (unpaired) electrons. The van der Waals surface area contributed by atoms with Gasteiger partial charge in [-0.25, -0.2) is 0 Å². The number of nitrogens with one attached hydrogen (secondary N) is 1. The highest BCUT2D eigenvalue weighted by Gasteiger charge is 2.44. The zero-order valence-electron chi connectivity index (χ0n) is 10.1. The van der Waals surface area contributed by atoms with Crippen molar-refractivity contribution in [1.82, 2.24) is 0 Å². The van der Waals surface area contributed by atoms with Crippen molar-refractivity contribution in [3.63, 3.8) is 0 Å². The third kappa shape index (κ3) is 2.83. The Bertz CT molecular complexity index is 464. The van der Waals surface area contributed by atoms with Gasteiger partial charge in [0.25, 0.3) is 0 Å². The van der Waals surface area contributed by atoms with Crippen LogP contribution < -0.4 is 5.32 Å². The molecule has 2 rings (SSSR count). The maximum Gasteiger partial charge on any atom is 0.416 e. The Morgan fingerprint density at radius 3 is 2.21 bits per heavy atom. The summed E-state index contributed by atoms with van der Waals surface area (Å²) >= 11 is 0. The van der Waals surface area contributed by atoms with Gasteiger partial charge in [0.15, 0.2) is 0 Å². The van der Waals surface area contributed by atoms with Crippen molar-refractivity contribution in [3.8, 4) is 0 Å². The van der Waals surface area contributed by atoms with Crippen LogP contribution in [0.25, 0.3) is 0 Å². The van der Waals surface area contributed by atoms with E-state index in [0.717, 1.165) is 18.6 Å². The zero-order valence-corrected chi connectivity index (χ0v) is 10.1. The maximum absolute atomic E-state index is 12.4. The number of rotatable bonds is 4. The lowest BCUT2D eigenvalue weighted by atomic mass is 9.69. The fourth-order valence-electron chi connectivity index (χ4n) is 2.12. The first kappa shape index (κ1) is 13.7. The summed E-state index contributed by atoms with van der Waals surface area (Å²) in [5.41, 5.74) is -0.974. The van der Waals surface area contributed by atoms with E-state index in [4.69, 9.17) is 5.11 Å². The second-order valence-corrected chi connectivity index (χ2v) is 4.87. The Labute approximate surface area is 108 Å². The van der Waals surface area contributed by atoms with Crippen LogP contribution in [-0.4, -0.2) is 17.6 Å². The smallest absolute Gasteiger partial charge is 0.416 e. The average Bonchev–Trinajstić information content (AvgIpc) is 2.26. The van der Waals surface area contributed by atoms with Crippen molar-refractivity contribution in [2.45, 2.75) is 25.4 Å². The highest BCUT2D eigenvalue weighted by Crippen LogP contribution is 2.41. The number of hydrogen-bond acceptors (Lipinski definition) is 2. The topological polar surface area (TPSA) is 49.3 Å². The number of anilines is 1. The number of benzene rings is 1. The number of halogens is 3.